The lowest BCUT2D eigenvalue weighted by Gasteiger charge is -2.04. The molecule has 0 saturated heterocycles. The summed E-state index contributed by atoms with van der Waals surface area (Å²) in [6.07, 6.45) is 9.80. The van der Waals surface area contributed by atoms with E-state index >= 15 is 0 Å². The molecule has 0 aromatic rings. The smallest absolute Gasteiger partial charge is 0.0700 e. The van der Waals surface area contributed by atoms with E-state index < -0.39 is 0 Å². The van der Waals surface area contributed by atoms with E-state index in [1.807, 2.05) is 6.92 Å². The summed E-state index contributed by atoms with van der Waals surface area (Å²) in [5.41, 5.74) is 0. The van der Waals surface area contributed by atoms with Crippen LogP contribution in [0, 0.1) is 0 Å². The highest BCUT2D eigenvalue weighted by Crippen LogP contribution is 2.08. The molecule has 0 atom stereocenters. The van der Waals surface area contributed by atoms with Crippen LogP contribution in [0.2, 0.25) is 0 Å². The largest absolute Gasteiger partial charge is 0.396 e. The number of rotatable bonds is 14. The van der Waals surface area contributed by atoms with Crippen molar-refractivity contribution in [3.05, 3.63) is 0 Å². The molecule has 3 heteroatoms. The zero-order valence-electron chi connectivity index (χ0n) is 11.5. The van der Waals surface area contributed by atoms with Crippen LogP contribution in [0.1, 0.15) is 58.3 Å². The summed E-state index contributed by atoms with van der Waals surface area (Å²) in [7, 11) is 0. The van der Waals surface area contributed by atoms with Gasteiger partial charge in [-0.05, 0) is 19.8 Å². The summed E-state index contributed by atoms with van der Waals surface area (Å²) >= 11 is 0. The van der Waals surface area contributed by atoms with Gasteiger partial charge in [-0.15, -0.1) is 0 Å². The molecule has 0 aliphatic carbocycles. The Morgan fingerprint density at radius 1 is 0.647 bits per heavy atom. The first kappa shape index (κ1) is 16.9. The Kier molecular flexibility index (Phi) is 15.8. The minimum atomic E-state index is 0.346. The van der Waals surface area contributed by atoms with Crippen molar-refractivity contribution in [1.82, 2.24) is 0 Å². The number of unbranched alkanes of at least 4 members (excludes halogenated alkanes) is 7. The van der Waals surface area contributed by atoms with Crippen LogP contribution in [-0.4, -0.2) is 38.1 Å². The van der Waals surface area contributed by atoms with Gasteiger partial charge in [-0.1, -0.05) is 38.5 Å². The van der Waals surface area contributed by atoms with Crippen molar-refractivity contribution < 1.29 is 14.6 Å². The molecule has 0 aromatic heterocycles. The Morgan fingerprint density at radius 2 is 1.18 bits per heavy atom. The number of ether oxygens (including phenoxy) is 2. The molecule has 1 N–H and O–H groups in total. The van der Waals surface area contributed by atoms with Crippen molar-refractivity contribution in [1.29, 1.82) is 0 Å². The van der Waals surface area contributed by atoms with E-state index in [-0.39, 0.29) is 0 Å². The fourth-order valence-electron chi connectivity index (χ4n) is 1.74. The molecule has 0 rings (SSSR count). The highest BCUT2D eigenvalue weighted by atomic mass is 16.5. The van der Waals surface area contributed by atoms with Crippen LogP contribution in [0.5, 0.6) is 0 Å². The summed E-state index contributed by atoms with van der Waals surface area (Å²) in [4.78, 5) is 0. The predicted molar refractivity (Wildman–Crippen MR) is 71.3 cm³/mol. The monoisotopic (exact) mass is 246 g/mol. The van der Waals surface area contributed by atoms with Gasteiger partial charge in [-0.2, -0.15) is 0 Å². The van der Waals surface area contributed by atoms with Crippen molar-refractivity contribution in [2.45, 2.75) is 58.3 Å². The molecule has 0 unspecified atom stereocenters. The number of aliphatic hydroxyl groups excluding tert-OH is 1. The molecular formula is C14H30O3. The van der Waals surface area contributed by atoms with Crippen LogP contribution in [-0.2, 0) is 9.47 Å². The second-order valence-electron chi connectivity index (χ2n) is 4.36. The second-order valence-corrected chi connectivity index (χ2v) is 4.36. The Morgan fingerprint density at radius 3 is 1.76 bits per heavy atom. The molecule has 104 valence electrons. The SMILES string of the molecule is CCOCCOCCCCCCCCCCO. The van der Waals surface area contributed by atoms with E-state index in [0.717, 1.165) is 32.8 Å². The van der Waals surface area contributed by atoms with Crippen LogP contribution in [0.25, 0.3) is 0 Å². The highest BCUT2D eigenvalue weighted by Gasteiger charge is 1.93. The lowest BCUT2D eigenvalue weighted by Crippen LogP contribution is -2.04. The van der Waals surface area contributed by atoms with Gasteiger partial charge in [-0.3, -0.25) is 0 Å². The van der Waals surface area contributed by atoms with Crippen LogP contribution in [0.15, 0.2) is 0 Å². The van der Waals surface area contributed by atoms with E-state index in [4.69, 9.17) is 14.6 Å². The minimum Gasteiger partial charge on any atom is -0.396 e. The lowest BCUT2D eigenvalue weighted by atomic mass is 10.1. The van der Waals surface area contributed by atoms with Gasteiger partial charge in [-0.25, -0.2) is 0 Å². The van der Waals surface area contributed by atoms with Crippen molar-refractivity contribution in [3.8, 4) is 0 Å². The van der Waals surface area contributed by atoms with E-state index in [1.165, 1.54) is 44.9 Å². The quantitative estimate of drug-likeness (QED) is 0.478. The molecule has 0 radical (unpaired) electrons. The van der Waals surface area contributed by atoms with Gasteiger partial charge in [0.1, 0.15) is 0 Å². The first-order valence-electron chi connectivity index (χ1n) is 7.18. The van der Waals surface area contributed by atoms with Gasteiger partial charge in [0.05, 0.1) is 13.2 Å². The van der Waals surface area contributed by atoms with Gasteiger partial charge in [0.15, 0.2) is 0 Å². The normalized spacial score (nSPS) is 10.9. The number of aliphatic hydroxyl groups is 1. The van der Waals surface area contributed by atoms with E-state index in [1.54, 1.807) is 0 Å². The molecular weight excluding hydrogens is 216 g/mol. The van der Waals surface area contributed by atoms with Gasteiger partial charge in [0.25, 0.3) is 0 Å². The maximum atomic E-state index is 8.62. The summed E-state index contributed by atoms with van der Waals surface area (Å²) in [6.45, 7) is 5.45. The molecule has 0 aliphatic heterocycles. The predicted octanol–water partition coefficient (Wildman–Crippen LogP) is 3.15. The van der Waals surface area contributed by atoms with E-state index in [2.05, 4.69) is 0 Å². The third-order valence-electron chi connectivity index (χ3n) is 2.77. The molecule has 3 nitrogen and oxygen atoms in total. The van der Waals surface area contributed by atoms with Crippen LogP contribution < -0.4 is 0 Å². The average molecular weight is 246 g/mol. The summed E-state index contributed by atoms with van der Waals surface area (Å²) in [5, 5.41) is 8.62. The maximum absolute atomic E-state index is 8.62. The molecule has 17 heavy (non-hydrogen) atoms. The molecule has 0 heterocycles. The van der Waals surface area contributed by atoms with E-state index in [0.29, 0.717) is 6.61 Å². The Hall–Kier alpha value is -0.120. The molecule has 0 aromatic carbocycles. The average Bonchev–Trinajstić information content (AvgIpc) is 2.35. The summed E-state index contributed by atoms with van der Waals surface area (Å²) in [6, 6.07) is 0. The van der Waals surface area contributed by atoms with Crippen molar-refractivity contribution in [2.24, 2.45) is 0 Å². The number of hydrogen-bond acceptors (Lipinski definition) is 3. The molecule has 0 amide bonds. The van der Waals surface area contributed by atoms with Gasteiger partial charge >= 0.3 is 0 Å². The first-order valence-corrected chi connectivity index (χ1v) is 7.18. The minimum absolute atomic E-state index is 0.346. The van der Waals surface area contributed by atoms with Gasteiger partial charge < -0.3 is 14.6 Å². The zero-order valence-corrected chi connectivity index (χ0v) is 11.5. The van der Waals surface area contributed by atoms with Crippen molar-refractivity contribution in [3.63, 3.8) is 0 Å². The van der Waals surface area contributed by atoms with Crippen LogP contribution in [0.3, 0.4) is 0 Å². The molecule has 0 saturated carbocycles. The topological polar surface area (TPSA) is 38.7 Å². The lowest BCUT2D eigenvalue weighted by molar-refractivity contribution is 0.0512. The first-order chi connectivity index (χ1) is 8.41. The standard InChI is InChI=1S/C14H30O3/c1-2-16-13-14-17-12-10-8-6-4-3-5-7-9-11-15/h15H,2-14H2,1H3. The number of hydrogen-bond donors (Lipinski definition) is 1. The molecule has 0 bridgehead atoms. The van der Waals surface area contributed by atoms with Crippen molar-refractivity contribution >= 4 is 0 Å². The highest BCUT2D eigenvalue weighted by molar-refractivity contribution is 4.46. The summed E-state index contributed by atoms with van der Waals surface area (Å²) in [5.74, 6) is 0. The van der Waals surface area contributed by atoms with E-state index in [9.17, 15) is 0 Å². The van der Waals surface area contributed by atoms with Crippen LogP contribution in [0.4, 0.5) is 0 Å². The van der Waals surface area contributed by atoms with Gasteiger partial charge in [0, 0.05) is 19.8 Å². The molecule has 0 aliphatic rings. The summed E-state index contributed by atoms with van der Waals surface area (Å²) < 4.78 is 10.6. The third-order valence-corrected chi connectivity index (χ3v) is 2.77. The van der Waals surface area contributed by atoms with Crippen molar-refractivity contribution in [2.75, 3.05) is 33.0 Å². The Bertz CT molecular complexity index is 115. The van der Waals surface area contributed by atoms with Gasteiger partial charge in [0.2, 0.25) is 0 Å². The van der Waals surface area contributed by atoms with Crippen LogP contribution >= 0.6 is 0 Å². The fraction of sp³-hybridized carbons (Fsp3) is 1.00. The fourth-order valence-corrected chi connectivity index (χ4v) is 1.74. The maximum Gasteiger partial charge on any atom is 0.0700 e. The third kappa shape index (κ3) is 15.9. The zero-order chi connectivity index (χ0) is 12.6. The Balaban J connectivity index is 2.85. The second kappa shape index (κ2) is 15.9. The molecule has 0 fully saturated rings. The molecule has 0 spiro atoms. The Labute approximate surface area is 107 Å².